The van der Waals surface area contributed by atoms with Crippen molar-refractivity contribution >= 4 is 52.5 Å². The van der Waals surface area contributed by atoms with Crippen LogP contribution in [0.25, 0.3) is 11.7 Å². The standard InChI is InChI=1S/C20H17ClN6O2/c21-13-1-3-14(4-2-13)23-16-9-17(24-15-5-6-15)27-19(25-16)12(10-22-27)7-11-8-18(28)26-20(11)29/h1-4,7,9-10,15,24H,5-6,8H2,(H,23,25)(H,26,28,29)/b11-7+. The predicted octanol–water partition coefficient (Wildman–Crippen LogP) is 3.13. The normalized spacial score (nSPS) is 17.8. The van der Waals surface area contributed by atoms with Crippen molar-refractivity contribution < 1.29 is 9.59 Å². The molecule has 1 saturated carbocycles. The molecule has 1 saturated heterocycles. The second-order valence-corrected chi connectivity index (χ2v) is 7.57. The van der Waals surface area contributed by atoms with Crippen LogP contribution in [0.3, 0.4) is 0 Å². The number of amides is 2. The van der Waals surface area contributed by atoms with E-state index in [0.29, 0.717) is 33.7 Å². The van der Waals surface area contributed by atoms with Gasteiger partial charge in [-0.2, -0.15) is 9.61 Å². The second kappa shape index (κ2) is 6.89. The van der Waals surface area contributed by atoms with Crippen LogP contribution in [0.5, 0.6) is 0 Å². The van der Waals surface area contributed by atoms with Crippen LogP contribution in [0.2, 0.25) is 5.02 Å². The summed E-state index contributed by atoms with van der Waals surface area (Å²) in [6.07, 6.45) is 5.61. The number of hydrogen-bond acceptors (Lipinski definition) is 6. The summed E-state index contributed by atoms with van der Waals surface area (Å²) < 4.78 is 1.71. The van der Waals surface area contributed by atoms with Crippen LogP contribution in [0, 0.1) is 0 Å². The molecule has 1 aliphatic heterocycles. The Morgan fingerprint density at radius 1 is 1.21 bits per heavy atom. The van der Waals surface area contributed by atoms with Gasteiger partial charge in [-0.05, 0) is 43.2 Å². The van der Waals surface area contributed by atoms with Gasteiger partial charge >= 0.3 is 0 Å². The van der Waals surface area contributed by atoms with Gasteiger partial charge in [0.25, 0.3) is 5.91 Å². The Bertz CT molecular complexity index is 1160. The van der Waals surface area contributed by atoms with E-state index in [2.05, 4.69) is 26.0 Å². The summed E-state index contributed by atoms with van der Waals surface area (Å²) in [5.41, 5.74) is 2.51. The van der Waals surface area contributed by atoms with E-state index in [-0.39, 0.29) is 18.2 Å². The van der Waals surface area contributed by atoms with E-state index in [1.165, 1.54) is 0 Å². The lowest BCUT2D eigenvalue weighted by atomic mass is 10.1. The van der Waals surface area contributed by atoms with E-state index in [9.17, 15) is 9.59 Å². The summed E-state index contributed by atoms with van der Waals surface area (Å²) in [6, 6.07) is 9.67. The Morgan fingerprint density at radius 3 is 2.69 bits per heavy atom. The Balaban J connectivity index is 1.56. The van der Waals surface area contributed by atoms with Gasteiger partial charge in [0.1, 0.15) is 11.6 Å². The number of hydrogen-bond donors (Lipinski definition) is 3. The zero-order valence-electron chi connectivity index (χ0n) is 15.3. The highest BCUT2D eigenvalue weighted by atomic mass is 35.5. The smallest absolute Gasteiger partial charge is 0.254 e. The molecule has 2 fully saturated rings. The van der Waals surface area contributed by atoms with E-state index in [4.69, 9.17) is 11.6 Å². The highest BCUT2D eigenvalue weighted by molar-refractivity contribution is 6.30. The molecule has 0 unspecified atom stereocenters. The first-order chi connectivity index (χ1) is 14.0. The molecule has 3 aromatic rings. The molecule has 1 aliphatic carbocycles. The van der Waals surface area contributed by atoms with Crippen molar-refractivity contribution in [2.24, 2.45) is 0 Å². The maximum atomic E-state index is 11.9. The molecule has 0 atom stereocenters. The maximum Gasteiger partial charge on any atom is 0.254 e. The fourth-order valence-corrected chi connectivity index (χ4v) is 3.30. The first-order valence-corrected chi connectivity index (χ1v) is 9.65. The third kappa shape index (κ3) is 3.66. The number of nitrogens with one attached hydrogen (secondary N) is 3. The predicted molar refractivity (Wildman–Crippen MR) is 110 cm³/mol. The molecular weight excluding hydrogens is 392 g/mol. The Kier molecular flexibility index (Phi) is 4.21. The van der Waals surface area contributed by atoms with Crippen LogP contribution in [-0.2, 0) is 9.59 Å². The van der Waals surface area contributed by atoms with Gasteiger partial charge in [0.15, 0.2) is 5.65 Å². The highest BCUT2D eigenvalue weighted by Crippen LogP contribution is 2.29. The molecule has 2 amide bonds. The van der Waals surface area contributed by atoms with Crippen LogP contribution in [0.15, 0.2) is 42.1 Å². The number of rotatable bonds is 5. The molecule has 5 rings (SSSR count). The summed E-state index contributed by atoms with van der Waals surface area (Å²) in [5, 5.41) is 14.1. The molecule has 0 radical (unpaired) electrons. The average molecular weight is 409 g/mol. The van der Waals surface area contributed by atoms with Gasteiger partial charge < -0.3 is 10.6 Å². The van der Waals surface area contributed by atoms with Crippen LogP contribution < -0.4 is 16.0 Å². The second-order valence-electron chi connectivity index (χ2n) is 7.14. The topological polar surface area (TPSA) is 100 Å². The molecule has 146 valence electrons. The number of fused-ring (bicyclic) bond motifs is 1. The number of imide groups is 1. The lowest BCUT2D eigenvalue weighted by Gasteiger charge is -2.11. The number of anilines is 3. The van der Waals surface area contributed by atoms with E-state index < -0.39 is 0 Å². The van der Waals surface area contributed by atoms with Gasteiger partial charge in [0.05, 0.1) is 12.6 Å². The largest absolute Gasteiger partial charge is 0.367 e. The summed E-state index contributed by atoms with van der Waals surface area (Å²) in [6.45, 7) is 0. The minimum absolute atomic E-state index is 0.0616. The number of nitrogens with zero attached hydrogens (tertiary/aromatic N) is 3. The Morgan fingerprint density at radius 2 is 2.00 bits per heavy atom. The maximum absolute atomic E-state index is 11.9. The van der Waals surface area contributed by atoms with Crippen molar-refractivity contribution in [1.82, 2.24) is 19.9 Å². The molecule has 1 aromatic carbocycles. The molecule has 0 bridgehead atoms. The molecule has 3 heterocycles. The van der Waals surface area contributed by atoms with E-state index >= 15 is 0 Å². The molecule has 9 heteroatoms. The zero-order valence-corrected chi connectivity index (χ0v) is 16.0. The minimum Gasteiger partial charge on any atom is -0.367 e. The molecule has 2 aromatic heterocycles. The van der Waals surface area contributed by atoms with E-state index in [0.717, 1.165) is 24.3 Å². The molecule has 2 aliphatic rings. The van der Waals surface area contributed by atoms with Crippen molar-refractivity contribution in [3.05, 3.63) is 52.7 Å². The highest BCUT2D eigenvalue weighted by Gasteiger charge is 2.25. The number of carbonyl (C=O) groups is 2. The van der Waals surface area contributed by atoms with Gasteiger partial charge in [0.2, 0.25) is 5.91 Å². The fraction of sp³-hybridized carbons (Fsp3) is 0.200. The lowest BCUT2D eigenvalue weighted by molar-refractivity contribution is -0.124. The van der Waals surface area contributed by atoms with Crippen LogP contribution in [0.4, 0.5) is 17.3 Å². The number of halogens is 1. The average Bonchev–Trinajstić information content (AvgIpc) is 3.33. The number of carbonyl (C=O) groups excluding carboxylic acids is 2. The van der Waals surface area contributed by atoms with Crippen molar-refractivity contribution in [2.75, 3.05) is 10.6 Å². The number of aromatic nitrogens is 3. The summed E-state index contributed by atoms with van der Waals surface area (Å²) >= 11 is 5.96. The van der Waals surface area contributed by atoms with Crippen molar-refractivity contribution in [3.8, 4) is 0 Å². The summed E-state index contributed by atoms with van der Waals surface area (Å²) in [5.74, 6) is 0.772. The molecule has 0 spiro atoms. The quantitative estimate of drug-likeness (QED) is 0.443. The first kappa shape index (κ1) is 17.7. The van der Waals surface area contributed by atoms with Crippen molar-refractivity contribution in [1.29, 1.82) is 0 Å². The van der Waals surface area contributed by atoms with Crippen molar-refractivity contribution in [2.45, 2.75) is 25.3 Å². The Labute approximate surface area is 171 Å². The number of benzene rings is 1. The third-order valence-electron chi connectivity index (χ3n) is 4.77. The minimum atomic E-state index is -0.374. The summed E-state index contributed by atoms with van der Waals surface area (Å²) in [7, 11) is 0. The van der Waals surface area contributed by atoms with Crippen LogP contribution >= 0.6 is 11.6 Å². The molecule has 29 heavy (non-hydrogen) atoms. The summed E-state index contributed by atoms with van der Waals surface area (Å²) in [4.78, 5) is 28.1. The van der Waals surface area contributed by atoms with E-state index in [1.54, 1.807) is 28.9 Å². The van der Waals surface area contributed by atoms with Gasteiger partial charge in [-0.3, -0.25) is 14.9 Å². The van der Waals surface area contributed by atoms with Gasteiger partial charge in [-0.1, -0.05) is 11.6 Å². The molecule has 3 N–H and O–H groups in total. The molecule has 8 nitrogen and oxygen atoms in total. The third-order valence-corrected chi connectivity index (χ3v) is 5.02. The molecular formula is C20H17ClN6O2. The van der Waals surface area contributed by atoms with Gasteiger partial charge in [-0.25, -0.2) is 4.98 Å². The van der Waals surface area contributed by atoms with Crippen LogP contribution in [-0.4, -0.2) is 32.5 Å². The van der Waals surface area contributed by atoms with E-state index in [1.807, 2.05) is 18.2 Å². The first-order valence-electron chi connectivity index (χ1n) is 9.28. The monoisotopic (exact) mass is 408 g/mol. The fourth-order valence-electron chi connectivity index (χ4n) is 3.18. The zero-order chi connectivity index (χ0) is 20.0. The van der Waals surface area contributed by atoms with Crippen molar-refractivity contribution in [3.63, 3.8) is 0 Å². The SMILES string of the molecule is O=C1C/C(=C\c2cnn3c(NC4CC4)cc(Nc4ccc(Cl)cc4)nc23)C(=O)N1. The van der Waals surface area contributed by atoms with Gasteiger partial charge in [0, 0.05) is 34.0 Å². The van der Waals surface area contributed by atoms with Gasteiger partial charge in [-0.15, -0.1) is 0 Å². The van der Waals surface area contributed by atoms with Crippen LogP contribution in [0.1, 0.15) is 24.8 Å². The lowest BCUT2D eigenvalue weighted by Crippen LogP contribution is -2.19. The Hall–Kier alpha value is -3.39.